The number of carbonyl (C=O) groups excluding carboxylic acids is 2. The minimum absolute atomic E-state index is 0.0338. The summed E-state index contributed by atoms with van der Waals surface area (Å²) in [4.78, 5) is 31.4. The van der Waals surface area contributed by atoms with Crippen molar-refractivity contribution in [3.05, 3.63) is 53.2 Å². The van der Waals surface area contributed by atoms with Crippen LogP contribution >= 0.6 is 15.9 Å². The highest BCUT2D eigenvalue weighted by molar-refractivity contribution is 9.10. The molecule has 0 radical (unpaired) electrons. The molecule has 2 aromatic heterocycles. The van der Waals surface area contributed by atoms with Gasteiger partial charge in [0.2, 0.25) is 0 Å². The van der Waals surface area contributed by atoms with Gasteiger partial charge in [-0.15, -0.1) is 5.10 Å². The molecule has 1 N–H and O–H groups in total. The van der Waals surface area contributed by atoms with Crippen LogP contribution in [0.15, 0.2) is 51.7 Å². The SMILES string of the molecule is CC(C)(C)OC(=O)N1CC(NC(=O)c2ncc(-c3cccc(Br)c3)o2)CC1Cn1ccnn1. The Bertz CT molecular complexity index is 1120. The van der Waals surface area contributed by atoms with Crippen molar-refractivity contribution in [3.63, 3.8) is 0 Å². The van der Waals surface area contributed by atoms with Gasteiger partial charge >= 0.3 is 12.0 Å². The van der Waals surface area contributed by atoms with Gasteiger partial charge in [-0.3, -0.25) is 9.48 Å². The van der Waals surface area contributed by atoms with E-state index in [4.69, 9.17) is 9.15 Å². The van der Waals surface area contributed by atoms with Crippen LogP contribution in [-0.4, -0.2) is 61.1 Å². The Labute approximate surface area is 199 Å². The Kier molecular flexibility index (Phi) is 6.50. The molecule has 1 aromatic carbocycles. The molecule has 3 aromatic rings. The highest BCUT2D eigenvalue weighted by Gasteiger charge is 2.39. The molecule has 3 heterocycles. The van der Waals surface area contributed by atoms with Crippen molar-refractivity contribution >= 4 is 27.9 Å². The predicted molar refractivity (Wildman–Crippen MR) is 122 cm³/mol. The van der Waals surface area contributed by atoms with E-state index in [0.29, 0.717) is 25.3 Å². The van der Waals surface area contributed by atoms with Crippen LogP contribution in [0.25, 0.3) is 11.3 Å². The highest BCUT2D eigenvalue weighted by Crippen LogP contribution is 2.25. The normalized spacial score (nSPS) is 18.4. The third-order valence-electron chi connectivity index (χ3n) is 5.06. The molecule has 0 saturated carbocycles. The Balaban J connectivity index is 1.45. The maximum Gasteiger partial charge on any atom is 0.410 e. The summed E-state index contributed by atoms with van der Waals surface area (Å²) in [7, 11) is 0. The molecule has 10 nitrogen and oxygen atoms in total. The number of rotatable bonds is 5. The lowest BCUT2D eigenvalue weighted by Gasteiger charge is -2.28. The monoisotopic (exact) mass is 516 g/mol. The smallest absolute Gasteiger partial charge is 0.410 e. The van der Waals surface area contributed by atoms with E-state index < -0.39 is 17.6 Å². The van der Waals surface area contributed by atoms with Crippen molar-refractivity contribution < 1.29 is 18.7 Å². The summed E-state index contributed by atoms with van der Waals surface area (Å²) in [6, 6.07) is 7.03. The molecule has 2 amide bonds. The van der Waals surface area contributed by atoms with Gasteiger partial charge in [-0.25, -0.2) is 9.78 Å². The van der Waals surface area contributed by atoms with Gasteiger partial charge < -0.3 is 19.4 Å². The second-order valence-electron chi connectivity index (χ2n) is 8.86. The number of oxazole rings is 1. The van der Waals surface area contributed by atoms with Crippen LogP contribution < -0.4 is 5.32 Å². The number of nitrogens with zero attached hydrogens (tertiary/aromatic N) is 5. The first-order valence-electron chi connectivity index (χ1n) is 10.5. The molecule has 33 heavy (non-hydrogen) atoms. The number of halogens is 1. The Hall–Kier alpha value is -3.21. The Morgan fingerprint density at radius 2 is 2.15 bits per heavy atom. The Morgan fingerprint density at radius 3 is 2.85 bits per heavy atom. The first kappa shape index (κ1) is 23.0. The quantitative estimate of drug-likeness (QED) is 0.551. The molecule has 174 valence electrons. The van der Waals surface area contributed by atoms with Gasteiger partial charge in [0, 0.05) is 28.8 Å². The molecule has 0 bridgehead atoms. The topological polar surface area (TPSA) is 115 Å². The molecule has 11 heteroatoms. The summed E-state index contributed by atoms with van der Waals surface area (Å²) in [6.45, 7) is 6.20. The lowest BCUT2D eigenvalue weighted by molar-refractivity contribution is 0.0207. The van der Waals surface area contributed by atoms with Crippen LogP contribution in [0.3, 0.4) is 0 Å². The van der Waals surface area contributed by atoms with Crippen LogP contribution in [0.5, 0.6) is 0 Å². The molecule has 2 unspecified atom stereocenters. The molecule has 0 spiro atoms. The highest BCUT2D eigenvalue weighted by atomic mass is 79.9. The number of carbonyl (C=O) groups is 2. The van der Waals surface area contributed by atoms with E-state index in [2.05, 4.69) is 36.5 Å². The van der Waals surface area contributed by atoms with E-state index in [9.17, 15) is 9.59 Å². The first-order valence-corrected chi connectivity index (χ1v) is 11.3. The molecule has 1 aliphatic heterocycles. The average molecular weight is 517 g/mol. The van der Waals surface area contributed by atoms with Gasteiger partial charge in [-0.2, -0.15) is 0 Å². The molecule has 1 fully saturated rings. The zero-order valence-corrected chi connectivity index (χ0v) is 20.2. The van der Waals surface area contributed by atoms with E-state index in [1.807, 2.05) is 45.0 Å². The van der Waals surface area contributed by atoms with Crippen LogP contribution in [-0.2, 0) is 11.3 Å². The van der Waals surface area contributed by atoms with Crippen LogP contribution in [0.4, 0.5) is 4.79 Å². The lowest BCUT2D eigenvalue weighted by atomic mass is 10.1. The number of likely N-dealkylation sites (tertiary alicyclic amines) is 1. The zero-order chi connectivity index (χ0) is 23.6. The third-order valence-corrected chi connectivity index (χ3v) is 5.55. The summed E-state index contributed by atoms with van der Waals surface area (Å²) < 4.78 is 13.8. The van der Waals surface area contributed by atoms with Crippen molar-refractivity contribution in [2.45, 2.75) is 51.4 Å². The van der Waals surface area contributed by atoms with Gasteiger partial charge in [0.1, 0.15) is 5.60 Å². The molecule has 1 aliphatic rings. The molecule has 4 rings (SSSR count). The van der Waals surface area contributed by atoms with Crippen LogP contribution in [0, 0.1) is 0 Å². The summed E-state index contributed by atoms with van der Waals surface area (Å²) in [6.07, 6.45) is 4.93. The van der Waals surface area contributed by atoms with Crippen molar-refractivity contribution in [1.82, 2.24) is 30.2 Å². The fourth-order valence-corrected chi connectivity index (χ4v) is 4.09. The van der Waals surface area contributed by atoms with E-state index in [1.54, 1.807) is 22.0 Å². The summed E-state index contributed by atoms with van der Waals surface area (Å²) in [5, 5.41) is 10.7. The maximum atomic E-state index is 12.8. The summed E-state index contributed by atoms with van der Waals surface area (Å²) in [5.74, 6) is 0.0209. The van der Waals surface area contributed by atoms with Crippen molar-refractivity contribution in [2.24, 2.45) is 0 Å². The van der Waals surface area contributed by atoms with Gasteiger partial charge in [-0.05, 0) is 39.3 Å². The minimum atomic E-state index is -0.628. The number of aromatic nitrogens is 4. The zero-order valence-electron chi connectivity index (χ0n) is 18.6. The van der Waals surface area contributed by atoms with Crippen molar-refractivity contribution in [3.8, 4) is 11.3 Å². The summed E-state index contributed by atoms with van der Waals surface area (Å²) >= 11 is 3.42. The number of ether oxygens (including phenoxy) is 1. The number of hydrogen-bond donors (Lipinski definition) is 1. The molecular formula is C22H25BrN6O4. The van der Waals surface area contributed by atoms with Crippen molar-refractivity contribution in [2.75, 3.05) is 6.54 Å². The fraction of sp³-hybridized carbons (Fsp3) is 0.409. The van der Waals surface area contributed by atoms with Gasteiger partial charge in [0.05, 0.1) is 25.0 Å². The largest absolute Gasteiger partial charge is 0.444 e. The summed E-state index contributed by atoms with van der Waals surface area (Å²) in [5.41, 5.74) is 0.178. The minimum Gasteiger partial charge on any atom is -0.444 e. The standard InChI is InChI=1S/C22H25BrN6O4/c1-22(2,3)33-21(31)29-12-16(10-17(29)13-28-8-7-25-27-28)26-19(30)20-24-11-18(32-20)14-5-4-6-15(23)9-14/h4-9,11,16-17H,10,12-13H2,1-3H3,(H,26,30). The number of nitrogens with one attached hydrogen (secondary N) is 1. The number of hydrogen-bond acceptors (Lipinski definition) is 7. The third kappa shape index (κ3) is 5.78. The predicted octanol–water partition coefficient (Wildman–Crippen LogP) is 3.50. The molecule has 2 atom stereocenters. The van der Waals surface area contributed by atoms with E-state index in [1.165, 1.54) is 6.20 Å². The Morgan fingerprint density at radius 1 is 1.33 bits per heavy atom. The van der Waals surface area contributed by atoms with E-state index in [-0.39, 0.29) is 18.0 Å². The average Bonchev–Trinajstić information content (AvgIpc) is 3.48. The lowest BCUT2D eigenvalue weighted by Crippen LogP contribution is -2.43. The second kappa shape index (κ2) is 9.34. The number of amides is 2. The first-order chi connectivity index (χ1) is 15.7. The molecule has 1 saturated heterocycles. The number of benzene rings is 1. The van der Waals surface area contributed by atoms with Gasteiger partial charge in [0.25, 0.3) is 5.89 Å². The van der Waals surface area contributed by atoms with E-state index in [0.717, 1.165) is 10.0 Å². The van der Waals surface area contributed by atoms with Crippen LogP contribution in [0.1, 0.15) is 37.9 Å². The molecular weight excluding hydrogens is 492 g/mol. The van der Waals surface area contributed by atoms with Gasteiger partial charge in [0.15, 0.2) is 5.76 Å². The second-order valence-corrected chi connectivity index (χ2v) is 9.77. The maximum absolute atomic E-state index is 12.8. The van der Waals surface area contributed by atoms with Crippen LogP contribution in [0.2, 0.25) is 0 Å². The van der Waals surface area contributed by atoms with Crippen molar-refractivity contribution in [1.29, 1.82) is 0 Å². The molecule has 0 aliphatic carbocycles. The van der Waals surface area contributed by atoms with E-state index >= 15 is 0 Å². The fourth-order valence-electron chi connectivity index (χ4n) is 3.69. The van der Waals surface area contributed by atoms with Gasteiger partial charge in [-0.1, -0.05) is 33.3 Å².